The molecule has 0 saturated heterocycles. The van der Waals surface area contributed by atoms with Crippen LogP contribution in [0.1, 0.15) is 17.0 Å². The number of alkyl halides is 3. The molecule has 2 heterocycles. The van der Waals surface area contributed by atoms with Crippen LogP contribution in [0.3, 0.4) is 0 Å². The zero-order chi connectivity index (χ0) is 18.7. The fourth-order valence-corrected chi connectivity index (χ4v) is 2.56. The van der Waals surface area contributed by atoms with Gasteiger partial charge in [-0.1, -0.05) is 29.1 Å². The van der Waals surface area contributed by atoms with Gasteiger partial charge in [-0.25, -0.2) is 9.97 Å². The van der Waals surface area contributed by atoms with Gasteiger partial charge in [-0.05, 0) is 12.1 Å². The molecule has 0 fully saturated rings. The van der Waals surface area contributed by atoms with Crippen molar-refractivity contribution in [2.24, 2.45) is 0 Å². The average molecular weight is 378 g/mol. The number of rotatable bonds is 4. The van der Waals surface area contributed by atoms with Crippen molar-refractivity contribution in [3.05, 3.63) is 47.5 Å². The van der Waals surface area contributed by atoms with Gasteiger partial charge >= 0.3 is 6.18 Å². The third-order valence-electron chi connectivity index (χ3n) is 3.18. The third kappa shape index (κ3) is 3.92. The van der Waals surface area contributed by atoms with E-state index in [4.69, 9.17) is 15.5 Å². The van der Waals surface area contributed by atoms with Crippen molar-refractivity contribution in [3.63, 3.8) is 0 Å². The molecule has 0 radical (unpaired) electrons. The highest BCUT2D eigenvalue weighted by atomic mass is 32.2. The van der Waals surface area contributed by atoms with Crippen LogP contribution in [0.5, 0.6) is 0 Å². The van der Waals surface area contributed by atoms with Crippen molar-refractivity contribution < 1.29 is 17.7 Å². The minimum atomic E-state index is -4.40. The molecule has 0 aliphatic heterocycles. The Labute approximate surface area is 149 Å². The summed E-state index contributed by atoms with van der Waals surface area (Å²) in [5.41, 5.74) is 5.43. The van der Waals surface area contributed by atoms with E-state index in [9.17, 15) is 13.2 Å². The average Bonchev–Trinajstić information content (AvgIpc) is 3.08. The van der Waals surface area contributed by atoms with Crippen LogP contribution in [0.4, 0.5) is 19.0 Å². The second-order valence-electron chi connectivity index (χ2n) is 4.94. The fraction of sp³-hybridized carbons (Fsp3) is 0.133. The number of benzene rings is 1. The number of nitrogens with zero attached hydrogens (tertiary/aromatic N) is 5. The number of hydrogen-bond acceptors (Lipinski definition) is 8. The lowest BCUT2D eigenvalue weighted by molar-refractivity contribution is -0.137. The summed E-state index contributed by atoms with van der Waals surface area (Å²) < 4.78 is 42.8. The van der Waals surface area contributed by atoms with E-state index >= 15 is 0 Å². The number of nitrogen functional groups attached to an aromatic ring is 1. The molecule has 2 aromatic heterocycles. The van der Waals surface area contributed by atoms with E-state index in [0.717, 1.165) is 23.9 Å². The second kappa shape index (κ2) is 7.01. The zero-order valence-corrected chi connectivity index (χ0v) is 13.7. The van der Waals surface area contributed by atoms with Crippen molar-refractivity contribution >= 4 is 17.6 Å². The van der Waals surface area contributed by atoms with Gasteiger partial charge in [-0.2, -0.15) is 23.4 Å². The summed E-state index contributed by atoms with van der Waals surface area (Å²) in [7, 11) is 0. The lowest BCUT2D eigenvalue weighted by Crippen LogP contribution is -2.04. The monoisotopic (exact) mass is 378 g/mol. The Morgan fingerprint density at radius 1 is 1.19 bits per heavy atom. The smallest absolute Gasteiger partial charge is 0.382 e. The Morgan fingerprint density at radius 3 is 2.54 bits per heavy atom. The fourth-order valence-electron chi connectivity index (χ4n) is 1.90. The van der Waals surface area contributed by atoms with Gasteiger partial charge in [0.15, 0.2) is 5.16 Å². The number of anilines is 1. The van der Waals surface area contributed by atoms with Gasteiger partial charge in [0, 0.05) is 5.56 Å². The summed E-state index contributed by atoms with van der Waals surface area (Å²) >= 11 is 1.16. The molecule has 7 nitrogen and oxygen atoms in total. The lowest BCUT2D eigenvalue weighted by atomic mass is 10.1. The Morgan fingerprint density at radius 2 is 1.92 bits per heavy atom. The Kier molecular flexibility index (Phi) is 4.77. The first-order valence-corrected chi connectivity index (χ1v) is 8.01. The summed E-state index contributed by atoms with van der Waals surface area (Å²) in [4.78, 5) is 12.1. The van der Waals surface area contributed by atoms with E-state index in [1.165, 1.54) is 18.3 Å². The lowest BCUT2D eigenvalue weighted by Gasteiger charge is -2.05. The molecule has 0 saturated carbocycles. The Bertz CT molecular complexity index is 965. The predicted molar refractivity (Wildman–Crippen MR) is 85.5 cm³/mol. The number of nitriles is 1. The van der Waals surface area contributed by atoms with Gasteiger partial charge in [0.1, 0.15) is 17.5 Å². The largest absolute Gasteiger partial charge is 0.416 e. The standard InChI is InChI=1S/C15H9F3N6OS/c16-15(17,18)10-3-1-8(2-4-10)13-22-11(25-24-13)7-26-14-21-6-9(5-19)12(20)23-14/h1-4,6H,7H2,(H2,20,21,23). The number of aromatic nitrogens is 4. The summed E-state index contributed by atoms with van der Waals surface area (Å²) in [6, 6.07) is 6.31. The van der Waals surface area contributed by atoms with Crippen molar-refractivity contribution in [2.45, 2.75) is 17.1 Å². The predicted octanol–water partition coefficient (Wildman–Crippen LogP) is 3.29. The van der Waals surface area contributed by atoms with Crippen LogP contribution < -0.4 is 5.73 Å². The molecule has 3 rings (SSSR count). The van der Waals surface area contributed by atoms with Crippen molar-refractivity contribution in [1.82, 2.24) is 20.1 Å². The highest BCUT2D eigenvalue weighted by Gasteiger charge is 2.30. The summed E-state index contributed by atoms with van der Waals surface area (Å²) in [6.45, 7) is 0. The molecule has 26 heavy (non-hydrogen) atoms. The van der Waals surface area contributed by atoms with Crippen LogP contribution in [-0.2, 0) is 11.9 Å². The number of thioether (sulfide) groups is 1. The SMILES string of the molecule is N#Cc1cnc(SCc2nc(-c3ccc(C(F)(F)F)cc3)no2)nc1N. The van der Waals surface area contributed by atoms with E-state index in [2.05, 4.69) is 20.1 Å². The first kappa shape index (κ1) is 17.7. The molecule has 0 amide bonds. The van der Waals surface area contributed by atoms with E-state index in [1.807, 2.05) is 6.07 Å². The van der Waals surface area contributed by atoms with Crippen LogP contribution in [0.15, 0.2) is 40.1 Å². The first-order chi connectivity index (χ1) is 12.4. The van der Waals surface area contributed by atoms with Crippen LogP contribution in [-0.4, -0.2) is 20.1 Å². The normalized spacial score (nSPS) is 11.3. The molecule has 11 heteroatoms. The van der Waals surface area contributed by atoms with Crippen LogP contribution in [0.25, 0.3) is 11.4 Å². The van der Waals surface area contributed by atoms with Gasteiger partial charge in [0.25, 0.3) is 0 Å². The van der Waals surface area contributed by atoms with Gasteiger partial charge in [-0.3, -0.25) is 0 Å². The maximum atomic E-state index is 12.6. The van der Waals surface area contributed by atoms with Crippen LogP contribution >= 0.6 is 11.8 Å². The van der Waals surface area contributed by atoms with Crippen LogP contribution in [0.2, 0.25) is 0 Å². The molecule has 0 aliphatic rings. The summed E-state index contributed by atoms with van der Waals surface area (Å²) in [6.07, 6.45) is -3.09. The van der Waals surface area contributed by atoms with E-state index < -0.39 is 11.7 Å². The molecule has 132 valence electrons. The number of hydrogen-bond donors (Lipinski definition) is 1. The molecule has 0 aliphatic carbocycles. The van der Waals surface area contributed by atoms with Crippen LogP contribution in [0, 0.1) is 11.3 Å². The maximum Gasteiger partial charge on any atom is 0.416 e. The molecule has 3 aromatic rings. The quantitative estimate of drug-likeness (QED) is 0.543. The first-order valence-electron chi connectivity index (χ1n) is 7.02. The Balaban J connectivity index is 1.68. The molecule has 1 aromatic carbocycles. The van der Waals surface area contributed by atoms with Crippen molar-refractivity contribution in [3.8, 4) is 17.5 Å². The zero-order valence-electron chi connectivity index (χ0n) is 12.9. The molecular formula is C15H9F3N6OS. The third-order valence-corrected chi connectivity index (χ3v) is 4.03. The molecular weight excluding hydrogens is 369 g/mol. The number of nitrogens with two attached hydrogens (primary N) is 1. The van der Waals surface area contributed by atoms with Gasteiger partial charge in [0.2, 0.25) is 11.7 Å². The van der Waals surface area contributed by atoms with Crippen molar-refractivity contribution in [1.29, 1.82) is 5.26 Å². The minimum Gasteiger partial charge on any atom is -0.382 e. The molecule has 0 atom stereocenters. The highest BCUT2D eigenvalue weighted by molar-refractivity contribution is 7.98. The number of halogens is 3. The van der Waals surface area contributed by atoms with Gasteiger partial charge in [0.05, 0.1) is 17.5 Å². The highest BCUT2D eigenvalue weighted by Crippen LogP contribution is 2.30. The second-order valence-corrected chi connectivity index (χ2v) is 5.88. The minimum absolute atomic E-state index is 0.0703. The topological polar surface area (TPSA) is 115 Å². The molecule has 0 spiro atoms. The summed E-state index contributed by atoms with van der Waals surface area (Å²) in [5, 5.41) is 12.9. The van der Waals surface area contributed by atoms with Crippen molar-refractivity contribution in [2.75, 3.05) is 5.73 Å². The van der Waals surface area contributed by atoms with E-state index in [-0.39, 0.29) is 28.8 Å². The molecule has 2 N–H and O–H groups in total. The van der Waals surface area contributed by atoms with Gasteiger partial charge < -0.3 is 10.3 Å². The maximum absolute atomic E-state index is 12.6. The summed E-state index contributed by atoms with van der Waals surface area (Å²) in [5.74, 6) is 0.728. The molecule has 0 unspecified atom stereocenters. The van der Waals surface area contributed by atoms with Gasteiger partial charge in [-0.15, -0.1) is 0 Å². The molecule has 0 bridgehead atoms. The van der Waals surface area contributed by atoms with E-state index in [0.29, 0.717) is 10.7 Å². The Hall–Kier alpha value is -3.13. The van der Waals surface area contributed by atoms with E-state index in [1.54, 1.807) is 0 Å².